The first-order valence-electron chi connectivity index (χ1n) is 6.14. The zero-order valence-corrected chi connectivity index (χ0v) is 11.9. The summed E-state index contributed by atoms with van der Waals surface area (Å²) in [7, 11) is 5.14. The van der Waals surface area contributed by atoms with E-state index < -0.39 is 0 Å². The van der Waals surface area contributed by atoms with Crippen LogP contribution >= 0.6 is 0 Å². The van der Waals surface area contributed by atoms with E-state index in [9.17, 15) is 9.59 Å². The van der Waals surface area contributed by atoms with Crippen LogP contribution in [0.15, 0.2) is 24.3 Å². The van der Waals surface area contributed by atoms with Gasteiger partial charge in [-0.15, -0.1) is 0 Å². The zero-order chi connectivity index (χ0) is 14.4. The number of nitrogens with one attached hydrogen (secondary N) is 1. The van der Waals surface area contributed by atoms with Crippen molar-refractivity contribution < 1.29 is 9.59 Å². The zero-order valence-electron chi connectivity index (χ0n) is 11.9. The van der Waals surface area contributed by atoms with Gasteiger partial charge in [-0.1, -0.05) is 18.2 Å². The molecule has 1 rings (SSSR count). The molecule has 0 radical (unpaired) electrons. The Morgan fingerprint density at radius 2 is 1.74 bits per heavy atom. The van der Waals surface area contributed by atoms with Crippen LogP contribution in [0.1, 0.15) is 5.56 Å². The van der Waals surface area contributed by atoms with Gasteiger partial charge in [0, 0.05) is 19.8 Å². The molecule has 104 valence electrons. The van der Waals surface area contributed by atoms with Crippen molar-refractivity contribution in [3.05, 3.63) is 29.8 Å². The van der Waals surface area contributed by atoms with Gasteiger partial charge < -0.3 is 10.2 Å². The highest BCUT2D eigenvalue weighted by molar-refractivity contribution is 5.93. The standard InChI is InChI=1S/C14H21N3O2/c1-11-7-5-6-8-12(11)15-13(18)9-17(4)10-14(19)16(2)3/h5-8H,9-10H2,1-4H3,(H,15,18). The van der Waals surface area contributed by atoms with Crippen molar-refractivity contribution in [3.8, 4) is 0 Å². The molecule has 0 saturated heterocycles. The SMILES string of the molecule is Cc1ccccc1NC(=O)CN(C)CC(=O)N(C)C. The molecule has 1 aromatic carbocycles. The number of nitrogens with zero attached hydrogens (tertiary/aromatic N) is 2. The molecule has 1 aromatic rings. The van der Waals surface area contributed by atoms with Crippen LogP contribution < -0.4 is 5.32 Å². The van der Waals surface area contributed by atoms with Crippen molar-refractivity contribution >= 4 is 17.5 Å². The molecule has 5 nitrogen and oxygen atoms in total. The maximum absolute atomic E-state index is 11.8. The third-order valence-electron chi connectivity index (χ3n) is 2.74. The number of aryl methyl sites for hydroxylation is 1. The predicted molar refractivity (Wildman–Crippen MR) is 76.0 cm³/mol. The van der Waals surface area contributed by atoms with Gasteiger partial charge in [0.25, 0.3) is 0 Å². The topological polar surface area (TPSA) is 52.7 Å². The van der Waals surface area contributed by atoms with Crippen LogP contribution in [0.2, 0.25) is 0 Å². The second kappa shape index (κ2) is 6.89. The molecule has 2 amide bonds. The first kappa shape index (κ1) is 15.2. The Kier molecular flexibility index (Phi) is 5.51. The van der Waals surface area contributed by atoms with Gasteiger partial charge in [-0.05, 0) is 25.6 Å². The number of likely N-dealkylation sites (N-methyl/N-ethyl adjacent to an activating group) is 2. The summed E-state index contributed by atoms with van der Waals surface area (Å²) in [4.78, 5) is 26.5. The van der Waals surface area contributed by atoms with Gasteiger partial charge in [0.15, 0.2) is 0 Å². The molecule has 0 saturated carbocycles. The average molecular weight is 263 g/mol. The normalized spacial score (nSPS) is 10.4. The van der Waals surface area contributed by atoms with Crippen molar-refractivity contribution in [1.29, 1.82) is 0 Å². The summed E-state index contributed by atoms with van der Waals surface area (Å²) in [6, 6.07) is 7.60. The Balaban J connectivity index is 2.48. The second-order valence-corrected chi connectivity index (χ2v) is 4.82. The second-order valence-electron chi connectivity index (χ2n) is 4.82. The van der Waals surface area contributed by atoms with Gasteiger partial charge in [0.1, 0.15) is 0 Å². The van der Waals surface area contributed by atoms with E-state index in [2.05, 4.69) is 5.32 Å². The minimum atomic E-state index is -0.122. The van der Waals surface area contributed by atoms with Crippen molar-refractivity contribution in [3.63, 3.8) is 0 Å². The fourth-order valence-corrected chi connectivity index (χ4v) is 1.58. The highest BCUT2D eigenvalue weighted by atomic mass is 16.2. The molecule has 1 N–H and O–H groups in total. The molecular formula is C14H21N3O2. The predicted octanol–water partition coefficient (Wildman–Crippen LogP) is 0.954. The fraction of sp³-hybridized carbons (Fsp3) is 0.429. The van der Waals surface area contributed by atoms with Crippen LogP contribution in [-0.4, -0.2) is 55.8 Å². The molecule has 0 spiro atoms. The number of hydrogen-bond donors (Lipinski definition) is 1. The van der Waals surface area contributed by atoms with E-state index in [0.717, 1.165) is 11.3 Å². The Morgan fingerprint density at radius 3 is 2.32 bits per heavy atom. The number of benzene rings is 1. The summed E-state index contributed by atoms with van der Waals surface area (Å²) < 4.78 is 0. The lowest BCUT2D eigenvalue weighted by molar-refractivity contribution is -0.130. The highest BCUT2D eigenvalue weighted by Gasteiger charge is 2.12. The Morgan fingerprint density at radius 1 is 1.11 bits per heavy atom. The smallest absolute Gasteiger partial charge is 0.238 e. The number of hydrogen-bond acceptors (Lipinski definition) is 3. The quantitative estimate of drug-likeness (QED) is 0.860. The third-order valence-corrected chi connectivity index (χ3v) is 2.74. The number of rotatable bonds is 5. The molecule has 0 heterocycles. The van der Waals surface area contributed by atoms with Crippen LogP contribution in [0.25, 0.3) is 0 Å². The molecule has 5 heteroatoms. The van der Waals surface area contributed by atoms with Crippen LogP contribution in [0.5, 0.6) is 0 Å². The molecule has 0 aromatic heterocycles. The lowest BCUT2D eigenvalue weighted by Gasteiger charge is -2.18. The van der Waals surface area contributed by atoms with Crippen molar-refractivity contribution in [2.75, 3.05) is 39.5 Å². The first-order chi connectivity index (χ1) is 8.90. The van der Waals surface area contributed by atoms with E-state index >= 15 is 0 Å². The van der Waals surface area contributed by atoms with Crippen LogP contribution in [0.4, 0.5) is 5.69 Å². The third kappa shape index (κ3) is 5.09. The molecule has 19 heavy (non-hydrogen) atoms. The van der Waals surface area contributed by atoms with E-state index in [-0.39, 0.29) is 24.9 Å². The van der Waals surface area contributed by atoms with Crippen molar-refractivity contribution in [2.24, 2.45) is 0 Å². The molecular weight excluding hydrogens is 242 g/mol. The largest absolute Gasteiger partial charge is 0.348 e. The molecule has 0 aliphatic rings. The molecule has 0 unspecified atom stereocenters. The molecule has 0 aliphatic heterocycles. The van der Waals surface area contributed by atoms with E-state index in [1.165, 1.54) is 4.90 Å². The van der Waals surface area contributed by atoms with Gasteiger partial charge in [-0.2, -0.15) is 0 Å². The fourth-order valence-electron chi connectivity index (χ4n) is 1.58. The Bertz CT molecular complexity index is 458. The number of amides is 2. The highest BCUT2D eigenvalue weighted by Crippen LogP contribution is 2.12. The number of anilines is 1. The molecule has 0 fully saturated rings. The van der Waals surface area contributed by atoms with Gasteiger partial charge >= 0.3 is 0 Å². The van der Waals surface area contributed by atoms with Crippen LogP contribution in [0, 0.1) is 6.92 Å². The first-order valence-corrected chi connectivity index (χ1v) is 6.14. The van der Waals surface area contributed by atoms with E-state index in [0.29, 0.717) is 0 Å². The summed E-state index contributed by atoms with van der Waals surface area (Å²) in [5.41, 5.74) is 1.82. The van der Waals surface area contributed by atoms with E-state index in [1.54, 1.807) is 26.0 Å². The summed E-state index contributed by atoms with van der Waals surface area (Å²) in [6.07, 6.45) is 0. The number of para-hydroxylation sites is 1. The van der Waals surface area contributed by atoms with Crippen LogP contribution in [-0.2, 0) is 9.59 Å². The molecule has 0 bridgehead atoms. The lowest BCUT2D eigenvalue weighted by atomic mass is 10.2. The van der Waals surface area contributed by atoms with Gasteiger partial charge in [0.05, 0.1) is 13.1 Å². The minimum Gasteiger partial charge on any atom is -0.348 e. The summed E-state index contributed by atoms with van der Waals surface area (Å²) in [6.45, 7) is 2.36. The van der Waals surface area contributed by atoms with Gasteiger partial charge in [-0.3, -0.25) is 14.5 Å². The summed E-state index contributed by atoms with van der Waals surface area (Å²) in [5, 5.41) is 2.84. The molecule has 0 atom stereocenters. The monoisotopic (exact) mass is 263 g/mol. The minimum absolute atomic E-state index is 0.0220. The van der Waals surface area contributed by atoms with Crippen LogP contribution in [0.3, 0.4) is 0 Å². The lowest BCUT2D eigenvalue weighted by Crippen LogP contribution is -2.38. The summed E-state index contributed by atoms with van der Waals surface area (Å²) in [5.74, 6) is -0.144. The van der Waals surface area contributed by atoms with E-state index in [4.69, 9.17) is 0 Å². The molecule has 0 aliphatic carbocycles. The number of carbonyl (C=O) groups excluding carboxylic acids is 2. The summed E-state index contributed by atoms with van der Waals surface area (Å²) >= 11 is 0. The number of carbonyl (C=O) groups is 2. The Labute approximate surface area is 114 Å². The van der Waals surface area contributed by atoms with Gasteiger partial charge in [-0.25, -0.2) is 0 Å². The Hall–Kier alpha value is -1.88. The average Bonchev–Trinajstić information content (AvgIpc) is 2.31. The van der Waals surface area contributed by atoms with Crippen molar-refractivity contribution in [1.82, 2.24) is 9.80 Å². The van der Waals surface area contributed by atoms with Gasteiger partial charge in [0.2, 0.25) is 11.8 Å². The van der Waals surface area contributed by atoms with E-state index in [1.807, 2.05) is 31.2 Å². The maximum atomic E-state index is 11.8. The van der Waals surface area contributed by atoms with Crippen molar-refractivity contribution in [2.45, 2.75) is 6.92 Å². The maximum Gasteiger partial charge on any atom is 0.238 e.